The Hall–Kier alpha value is -9.06. The number of hydrogen-bond acceptors (Lipinski definition) is 4. The van der Waals surface area contributed by atoms with Crippen LogP contribution in [0.3, 0.4) is 0 Å². The first-order valence-corrected chi connectivity index (χ1v) is 23.4. The number of fused-ring (bicyclic) bond motifs is 3. The highest BCUT2D eigenvalue weighted by molar-refractivity contribution is 6.12. The molecular formula is C64H45N5. The second-order valence-electron chi connectivity index (χ2n) is 17.5. The van der Waals surface area contributed by atoms with Crippen molar-refractivity contribution in [2.45, 2.75) is 13.8 Å². The van der Waals surface area contributed by atoms with Gasteiger partial charge in [0.15, 0.2) is 11.6 Å². The number of aryl methyl sites for hydroxylation is 2. The van der Waals surface area contributed by atoms with Crippen LogP contribution in [0.4, 0.5) is 0 Å². The van der Waals surface area contributed by atoms with Crippen LogP contribution >= 0.6 is 0 Å². The molecule has 5 heteroatoms. The van der Waals surface area contributed by atoms with Crippen LogP contribution in [0.15, 0.2) is 237 Å². The molecule has 326 valence electrons. The SMILES string of the molecule is Cc1ccccc1-c1ccc2c3ccc(-c4ccccc4C)cc3n(-c3ccc(-c4nc(-c5ccccc5)cc(-c5ccccc5)n4)cc3-c3cc(-c4ccccc4)nc(-c4ccccc4)n3)c2c1. The number of rotatable bonds is 9. The lowest BCUT2D eigenvalue weighted by atomic mass is 9.98. The second kappa shape index (κ2) is 17.6. The van der Waals surface area contributed by atoms with Crippen molar-refractivity contribution < 1.29 is 0 Å². The topological polar surface area (TPSA) is 56.5 Å². The molecule has 12 aromatic rings. The molecular weight excluding hydrogens is 839 g/mol. The standard InChI is InChI=1S/C64H45N5/c1-42-19-15-17-29-51(42)48-31-34-53-54-35-32-49(52-30-18-16-20-43(52)2)39-62(54)69(61(53)38-48)60-36-33-50(64-66-56(44-21-7-3-8-22-44)40-57(67-64)45-23-9-4-10-24-45)37-55(60)59-41-58(46-25-11-5-12-26-46)65-63(68-59)47-27-13-6-14-28-47/h3-41H,1-2H3. The summed E-state index contributed by atoms with van der Waals surface area (Å²) in [6, 6.07) is 83.2. The van der Waals surface area contributed by atoms with Gasteiger partial charge in [0, 0.05) is 44.2 Å². The normalized spacial score (nSPS) is 11.3. The summed E-state index contributed by atoms with van der Waals surface area (Å²) in [6.07, 6.45) is 0. The van der Waals surface area contributed by atoms with Gasteiger partial charge in [-0.1, -0.05) is 194 Å². The molecule has 9 aromatic carbocycles. The molecule has 0 radical (unpaired) electrons. The number of nitrogens with zero attached hydrogens (tertiary/aromatic N) is 5. The van der Waals surface area contributed by atoms with Crippen LogP contribution < -0.4 is 0 Å². The summed E-state index contributed by atoms with van der Waals surface area (Å²) < 4.78 is 2.44. The van der Waals surface area contributed by atoms with Crippen molar-refractivity contribution in [1.82, 2.24) is 24.5 Å². The molecule has 0 saturated heterocycles. The zero-order valence-electron chi connectivity index (χ0n) is 38.3. The fraction of sp³-hybridized carbons (Fsp3) is 0.0312. The van der Waals surface area contributed by atoms with Gasteiger partial charge in [-0.15, -0.1) is 0 Å². The zero-order chi connectivity index (χ0) is 46.3. The van der Waals surface area contributed by atoms with E-state index in [2.05, 4.69) is 219 Å². The second-order valence-corrected chi connectivity index (χ2v) is 17.5. The monoisotopic (exact) mass is 883 g/mol. The molecule has 3 aromatic heterocycles. The minimum absolute atomic E-state index is 0.620. The van der Waals surface area contributed by atoms with E-state index in [1.807, 2.05) is 36.4 Å². The van der Waals surface area contributed by atoms with E-state index >= 15 is 0 Å². The molecule has 0 aliphatic rings. The van der Waals surface area contributed by atoms with Crippen molar-refractivity contribution in [3.63, 3.8) is 0 Å². The van der Waals surface area contributed by atoms with Gasteiger partial charge in [0.1, 0.15) is 0 Å². The van der Waals surface area contributed by atoms with Crippen LogP contribution in [-0.2, 0) is 0 Å². The molecule has 69 heavy (non-hydrogen) atoms. The lowest BCUT2D eigenvalue weighted by Crippen LogP contribution is -2.02. The minimum Gasteiger partial charge on any atom is -0.309 e. The van der Waals surface area contributed by atoms with E-state index in [1.165, 1.54) is 22.3 Å². The molecule has 0 amide bonds. The Labute approximate surface area is 401 Å². The van der Waals surface area contributed by atoms with Crippen LogP contribution in [-0.4, -0.2) is 24.5 Å². The summed E-state index contributed by atoms with van der Waals surface area (Å²) in [4.78, 5) is 21.3. The van der Waals surface area contributed by atoms with Crippen molar-refractivity contribution in [2.24, 2.45) is 0 Å². The quantitative estimate of drug-likeness (QED) is 0.145. The van der Waals surface area contributed by atoms with E-state index in [9.17, 15) is 0 Å². The van der Waals surface area contributed by atoms with E-state index in [1.54, 1.807) is 0 Å². The Balaban J connectivity index is 1.18. The molecule has 0 aliphatic heterocycles. The summed E-state index contributed by atoms with van der Waals surface area (Å²) >= 11 is 0. The molecule has 5 nitrogen and oxygen atoms in total. The summed E-state index contributed by atoms with van der Waals surface area (Å²) in [5.41, 5.74) is 19.4. The van der Waals surface area contributed by atoms with Gasteiger partial charge in [0.2, 0.25) is 0 Å². The highest BCUT2D eigenvalue weighted by atomic mass is 15.0. The van der Waals surface area contributed by atoms with Gasteiger partial charge < -0.3 is 4.57 Å². The molecule has 0 saturated carbocycles. The van der Waals surface area contributed by atoms with Crippen LogP contribution in [0.25, 0.3) is 118 Å². The largest absolute Gasteiger partial charge is 0.309 e. The molecule has 0 atom stereocenters. The van der Waals surface area contributed by atoms with Gasteiger partial charge in [0.25, 0.3) is 0 Å². The van der Waals surface area contributed by atoms with Crippen LogP contribution in [0.5, 0.6) is 0 Å². The van der Waals surface area contributed by atoms with E-state index in [0.29, 0.717) is 11.6 Å². The Bertz CT molecular complexity index is 3620. The summed E-state index contributed by atoms with van der Waals surface area (Å²) in [5.74, 6) is 1.26. The Morgan fingerprint density at radius 3 is 1.12 bits per heavy atom. The number of aromatic nitrogens is 5. The Kier molecular flexibility index (Phi) is 10.6. The van der Waals surface area contributed by atoms with Crippen molar-refractivity contribution in [3.05, 3.63) is 248 Å². The van der Waals surface area contributed by atoms with Crippen LogP contribution in [0.2, 0.25) is 0 Å². The highest BCUT2D eigenvalue weighted by Crippen LogP contribution is 2.42. The van der Waals surface area contributed by atoms with E-state index in [-0.39, 0.29) is 0 Å². The van der Waals surface area contributed by atoms with Crippen molar-refractivity contribution in [3.8, 4) is 95.7 Å². The van der Waals surface area contributed by atoms with Crippen molar-refractivity contribution in [2.75, 3.05) is 0 Å². The third-order valence-corrected chi connectivity index (χ3v) is 13.1. The third kappa shape index (κ3) is 7.86. The Morgan fingerprint density at radius 2 is 0.652 bits per heavy atom. The van der Waals surface area contributed by atoms with E-state index < -0.39 is 0 Å². The first-order chi connectivity index (χ1) is 34.0. The first kappa shape index (κ1) is 41.4. The molecule has 12 rings (SSSR count). The average Bonchev–Trinajstić information content (AvgIpc) is 3.74. The smallest absolute Gasteiger partial charge is 0.160 e. The maximum atomic E-state index is 5.48. The Morgan fingerprint density at radius 1 is 0.275 bits per heavy atom. The van der Waals surface area contributed by atoms with Crippen molar-refractivity contribution >= 4 is 21.8 Å². The van der Waals surface area contributed by atoms with Gasteiger partial charge in [-0.25, -0.2) is 19.9 Å². The molecule has 0 aliphatic carbocycles. The molecule has 3 heterocycles. The molecule has 0 spiro atoms. The van der Waals surface area contributed by atoms with Gasteiger partial charge in [-0.05, 0) is 89.7 Å². The maximum absolute atomic E-state index is 5.48. The molecule has 0 N–H and O–H groups in total. The van der Waals surface area contributed by atoms with Crippen LogP contribution in [0, 0.1) is 13.8 Å². The van der Waals surface area contributed by atoms with Gasteiger partial charge in [0.05, 0.1) is 39.5 Å². The summed E-state index contributed by atoms with van der Waals surface area (Å²) in [5, 5.41) is 2.33. The minimum atomic E-state index is 0.620. The first-order valence-electron chi connectivity index (χ1n) is 23.4. The number of hydrogen-bond donors (Lipinski definition) is 0. The third-order valence-electron chi connectivity index (χ3n) is 13.1. The lowest BCUT2D eigenvalue weighted by Gasteiger charge is -2.18. The predicted octanol–water partition coefficient (Wildman–Crippen LogP) is 16.3. The van der Waals surface area contributed by atoms with Crippen LogP contribution in [0.1, 0.15) is 11.1 Å². The van der Waals surface area contributed by atoms with Gasteiger partial charge in [-0.3, -0.25) is 0 Å². The summed E-state index contributed by atoms with van der Waals surface area (Å²) in [7, 11) is 0. The summed E-state index contributed by atoms with van der Waals surface area (Å²) in [6.45, 7) is 4.37. The fourth-order valence-electron chi connectivity index (χ4n) is 9.63. The molecule has 0 unspecified atom stereocenters. The zero-order valence-corrected chi connectivity index (χ0v) is 38.3. The van der Waals surface area contributed by atoms with E-state index in [4.69, 9.17) is 19.9 Å². The lowest BCUT2D eigenvalue weighted by molar-refractivity contribution is 1.14. The van der Waals surface area contributed by atoms with Crippen molar-refractivity contribution in [1.29, 1.82) is 0 Å². The molecule has 0 bridgehead atoms. The molecule has 0 fully saturated rings. The highest BCUT2D eigenvalue weighted by Gasteiger charge is 2.22. The fourth-order valence-corrected chi connectivity index (χ4v) is 9.63. The average molecular weight is 884 g/mol. The maximum Gasteiger partial charge on any atom is 0.160 e. The van der Waals surface area contributed by atoms with Gasteiger partial charge >= 0.3 is 0 Å². The van der Waals surface area contributed by atoms with Gasteiger partial charge in [-0.2, -0.15) is 0 Å². The van der Waals surface area contributed by atoms with E-state index in [0.717, 1.165) is 94.8 Å². The predicted molar refractivity (Wildman–Crippen MR) is 285 cm³/mol. The number of benzene rings is 9.